The summed E-state index contributed by atoms with van der Waals surface area (Å²) in [6, 6.07) is 1.96. The molecule has 0 fully saturated rings. The first-order chi connectivity index (χ1) is 7.56. The minimum absolute atomic E-state index is 0.0242. The SMILES string of the molecule is O=[N+]([O-])c1cc(Cl)c(C=CCCO)cc1F. The number of nitro groups is 1. The quantitative estimate of drug-likeness (QED) is 0.655. The molecular weight excluding hydrogens is 237 g/mol. The summed E-state index contributed by atoms with van der Waals surface area (Å²) in [5.74, 6) is -0.932. The zero-order chi connectivity index (χ0) is 12.1. The first kappa shape index (κ1) is 12.6. The lowest BCUT2D eigenvalue weighted by atomic mass is 10.1. The Morgan fingerprint density at radius 1 is 1.56 bits per heavy atom. The van der Waals surface area contributed by atoms with Crippen LogP contribution in [0.15, 0.2) is 18.2 Å². The number of nitro benzene ring substituents is 1. The van der Waals surface area contributed by atoms with E-state index in [1.165, 1.54) is 6.08 Å². The molecular formula is C10H9ClFNO3. The summed E-state index contributed by atoms with van der Waals surface area (Å²) < 4.78 is 13.2. The van der Waals surface area contributed by atoms with Gasteiger partial charge in [0.1, 0.15) is 0 Å². The highest BCUT2D eigenvalue weighted by atomic mass is 35.5. The summed E-state index contributed by atoms with van der Waals surface area (Å²) in [6.45, 7) is -0.0242. The Morgan fingerprint density at radius 2 is 2.25 bits per heavy atom. The van der Waals surface area contributed by atoms with Gasteiger partial charge < -0.3 is 5.11 Å². The van der Waals surface area contributed by atoms with Gasteiger partial charge in [0.2, 0.25) is 5.82 Å². The second kappa shape index (κ2) is 5.58. The van der Waals surface area contributed by atoms with Crippen molar-refractivity contribution in [2.45, 2.75) is 6.42 Å². The van der Waals surface area contributed by atoms with Gasteiger partial charge >= 0.3 is 5.69 Å². The van der Waals surface area contributed by atoms with Gasteiger partial charge in [-0.15, -0.1) is 0 Å². The van der Waals surface area contributed by atoms with Crippen LogP contribution in [0.25, 0.3) is 6.08 Å². The van der Waals surface area contributed by atoms with Crippen molar-refractivity contribution in [1.82, 2.24) is 0 Å². The molecule has 1 rings (SSSR count). The Hall–Kier alpha value is -1.46. The van der Waals surface area contributed by atoms with Gasteiger partial charge in [0, 0.05) is 12.7 Å². The second-order valence-corrected chi connectivity index (χ2v) is 3.40. The molecule has 0 saturated heterocycles. The third-order valence-electron chi connectivity index (χ3n) is 1.86. The maximum Gasteiger partial charge on any atom is 0.306 e. The molecule has 0 bridgehead atoms. The van der Waals surface area contributed by atoms with Gasteiger partial charge in [0.05, 0.1) is 9.95 Å². The van der Waals surface area contributed by atoms with E-state index in [-0.39, 0.29) is 11.6 Å². The minimum Gasteiger partial charge on any atom is -0.396 e. The molecule has 0 spiro atoms. The van der Waals surface area contributed by atoms with E-state index >= 15 is 0 Å². The van der Waals surface area contributed by atoms with Crippen LogP contribution >= 0.6 is 11.6 Å². The molecule has 0 amide bonds. The predicted octanol–water partition coefficient (Wildman–Crippen LogP) is 2.78. The molecule has 0 aliphatic heterocycles. The number of aliphatic hydroxyl groups excluding tert-OH is 1. The molecule has 0 unspecified atom stereocenters. The first-order valence-corrected chi connectivity index (χ1v) is 4.85. The fourth-order valence-corrected chi connectivity index (χ4v) is 1.33. The highest BCUT2D eigenvalue weighted by molar-refractivity contribution is 6.32. The summed E-state index contributed by atoms with van der Waals surface area (Å²) in [7, 11) is 0. The van der Waals surface area contributed by atoms with Crippen LogP contribution in [0.1, 0.15) is 12.0 Å². The van der Waals surface area contributed by atoms with E-state index in [0.717, 1.165) is 12.1 Å². The molecule has 0 atom stereocenters. The Kier molecular flexibility index (Phi) is 4.39. The van der Waals surface area contributed by atoms with E-state index in [1.54, 1.807) is 6.08 Å². The Morgan fingerprint density at radius 3 is 2.81 bits per heavy atom. The average molecular weight is 246 g/mol. The van der Waals surface area contributed by atoms with E-state index in [0.29, 0.717) is 12.0 Å². The lowest BCUT2D eigenvalue weighted by molar-refractivity contribution is -0.387. The second-order valence-electron chi connectivity index (χ2n) is 3.00. The standard InChI is InChI=1S/C10H9ClFNO3/c11-8-6-10(13(15)16)9(12)5-7(8)3-1-2-4-14/h1,3,5-6,14H,2,4H2. The topological polar surface area (TPSA) is 63.4 Å². The van der Waals surface area contributed by atoms with Crippen molar-refractivity contribution in [3.63, 3.8) is 0 Å². The Labute approximate surface area is 96.1 Å². The highest BCUT2D eigenvalue weighted by Gasteiger charge is 2.16. The van der Waals surface area contributed by atoms with Crippen molar-refractivity contribution in [2.24, 2.45) is 0 Å². The van der Waals surface area contributed by atoms with Crippen molar-refractivity contribution in [2.75, 3.05) is 6.61 Å². The third kappa shape index (κ3) is 3.01. The molecule has 0 radical (unpaired) electrons. The summed E-state index contributed by atoms with van der Waals surface area (Å²) in [5.41, 5.74) is -0.303. The van der Waals surface area contributed by atoms with Gasteiger partial charge in [-0.05, 0) is 18.1 Å². The number of hydrogen-bond acceptors (Lipinski definition) is 3. The molecule has 6 heteroatoms. The van der Waals surface area contributed by atoms with E-state index in [1.807, 2.05) is 0 Å². The van der Waals surface area contributed by atoms with Gasteiger partial charge in [-0.1, -0.05) is 23.8 Å². The number of halogens is 2. The van der Waals surface area contributed by atoms with Gasteiger partial charge in [-0.25, -0.2) is 0 Å². The highest BCUT2D eigenvalue weighted by Crippen LogP contribution is 2.26. The van der Waals surface area contributed by atoms with E-state index < -0.39 is 16.4 Å². The van der Waals surface area contributed by atoms with Crippen LogP contribution in [-0.2, 0) is 0 Å². The van der Waals surface area contributed by atoms with Crippen LogP contribution in [0.3, 0.4) is 0 Å². The number of hydrogen-bond donors (Lipinski definition) is 1. The molecule has 0 aliphatic carbocycles. The van der Waals surface area contributed by atoms with Crippen LogP contribution in [0.4, 0.5) is 10.1 Å². The zero-order valence-electron chi connectivity index (χ0n) is 8.19. The lowest BCUT2D eigenvalue weighted by Crippen LogP contribution is -1.93. The number of rotatable bonds is 4. The number of benzene rings is 1. The Bertz CT molecular complexity index is 434. The maximum absolute atomic E-state index is 13.2. The van der Waals surface area contributed by atoms with Gasteiger partial charge in [-0.2, -0.15) is 4.39 Å². The summed E-state index contributed by atoms with van der Waals surface area (Å²) in [6.07, 6.45) is 3.52. The first-order valence-electron chi connectivity index (χ1n) is 4.47. The van der Waals surface area contributed by atoms with Crippen molar-refractivity contribution in [3.8, 4) is 0 Å². The third-order valence-corrected chi connectivity index (χ3v) is 2.18. The van der Waals surface area contributed by atoms with Gasteiger partial charge in [-0.3, -0.25) is 10.1 Å². The largest absolute Gasteiger partial charge is 0.396 e. The molecule has 0 saturated carbocycles. The smallest absolute Gasteiger partial charge is 0.306 e. The van der Waals surface area contributed by atoms with Crippen LogP contribution in [0.2, 0.25) is 5.02 Å². The fraction of sp³-hybridized carbons (Fsp3) is 0.200. The van der Waals surface area contributed by atoms with E-state index in [9.17, 15) is 14.5 Å². The summed E-state index contributed by atoms with van der Waals surface area (Å²) in [5, 5.41) is 19.0. The van der Waals surface area contributed by atoms with Gasteiger partial charge in [0.15, 0.2) is 0 Å². The molecule has 1 aromatic rings. The molecule has 16 heavy (non-hydrogen) atoms. The maximum atomic E-state index is 13.2. The molecule has 86 valence electrons. The van der Waals surface area contributed by atoms with Gasteiger partial charge in [0.25, 0.3) is 0 Å². The van der Waals surface area contributed by atoms with E-state index in [4.69, 9.17) is 16.7 Å². The minimum atomic E-state index is -0.932. The lowest BCUT2D eigenvalue weighted by Gasteiger charge is -1.99. The van der Waals surface area contributed by atoms with Crippen molar-refractivity contribution < 1.29 is 14.4 Å². The van der Waals surface area contributed by atoms with E-state index in [2.05, 4.69) is 0 Å². The van der Waals surface area contributed by atoms with Crippen LogP contribution in [-0.4, -0.2) is 16.6 Å². The monoisotopic (exact) mass is 245 g/mol. The van der Waals surface area contributed by atoms with Crippen LogP contribution in [0, 0.1) is 15.9 Å². The molecule has 0 aromatic heterocycles. The Balaban J connectivity index is 3.05. The van der Waals surface area contributed by atoms with Crippen molar-refractivity contribution in [3.05, 3.63) is 44.7 Å². The summed E-state index contributed by atoms with van der Waals surface area (Å²) >= 11 is 5.74. The van der Waals surface area contributed by atoms with Crippen LogP contribution < -0.4 is 0 Å². The van der Waals surface area contributed by atoms with Crippen molar-refractivity contribution in [1.29, 1.82) is 0 Å². The number of nitrogens with zero attached hydrogens (tertiary/aromatic N) is 1. The molecule has 0 aliphatic rings. The predicted molar refractivity (Wildman–Crippen MR) is 58.8 cm³/mol. The average Bonchev–Trinajstić information content (AvgIpc) is 2.22. The molecule has 1 aromatic carbocycles. The zero-order valence-corrected chi connectivity index (χ0v) is 8.95. The molecule has 0 heterocycles. The molecule has 1 N–H and O–H groups in total. The summed E-state index contributed by atoms with van der Waals surface area (Å²) in [4.78, 5) is 9.57. The van der Waals surface area contributed by atoms with Crippen LogP contribution in [0.5, 0.6) is 0 Å². The number of aliphatic hydroxyl groups is 1. The normalized spacial score (nSPS) is 10.9. The fourth-order valence-electron chi connectivity index (χ4n) is 1.10. The van der Waals surface area contributed by atoms with Crippen molar-refractivity contribution >= 4 is 23.4 Å². The molecule has 4 nitrogen and oxygen atoms in total.